The third kappa shape index (κ3) is 2.75. The van der Waals surface area contributed by atoms with E-state index >= 15 is 0 Å². The summed E-state index contributed by atoms with van der Waals surface area (Å²) in [6.07, 6.45) is 3.07. The number of nitrogens with zero attached hydrogens (tertiary/aromatic N) is 2. The van der Waals surface area contributed by atoms with Gasteiger partial charge in [0, 0.05) is 18.3 Å². The summed E-state index contributed by atoms with van der Waals surface area (Å²) < 4.78 is 0. The van der Waals surface area contributed by atoms with Gasteiger partial charge in [0.15, 0.2) is 0 Å². The molecule has 1 aliphatic rings. The maximum atomic E-state index is 12.1. The second kappa shape index (κ2) is 4.73. The molecule has 1 aliphatic heterocycles. The lowest BCUT2D eigenvalue weighted by Crippen LogP contribution is -2.35. The molecule has 0 aromatic carbocycles. The highest BCUT2D eigenvalue weighted by molar-refractivity contribution is 5.79. The molecular formula is C13H19N3O. The Morgan fingerprint density at radius 2 is 2.29 bits per heavy atom. The van der Waals surface area contributed by atoms with Crippen LogP contribution in [0.5, 0.6) is 0 Å². The van der Waals surface area contributed by atoms with Crippen molar-refractivity contribution < 1.29 is 4.79 Å². The molecule has 2 heterocycles. The second-order valence-corrected chi connectivity index (χ2v) is 5.00. The van der Waals surface area contributed by atoms with E-state index in [1.807, 2.05) is 11.0 Å². The predicted molar refractivity (Wildman–Crippen MR) is 67.3 cm³/mol. The molecule has 0 bridgehead atoms. The molecule has 4 heteroatoms. The number of rotatable bonds is 2. The smallest absolute Gasteiger partial charge is 0.228 e. The number of nitrogens with two attached hydrogens (primary N) is 1. The SMILES string of the molecule is CC1CC(C)N(C(=O)Cc2ccc(N)cn2)C1. The molecule has 92 valence electrons. The highest BCUT2D eigenvalue weighted by Gasteiger charge is 2.29. The predicted octanol–water partition coefficient (Wildman–Crippen LogP) is 1.46. The molecule has 2 rings (SSSR count). The molecule has 2 atom stereocenters. The molecule has 1 aromatic heterocycles. The van der Waals surface area contributed by atoms with Crippen molar-refractivity contribution in [2.75, 3.05) is 12.3 Å². The van der Waals surface area contributed by atoms with Gasteiger partial charge in [-0.3, -0.25) is 9.78 Å². The summed E-state index contributed by atoms with van der Waals surface area (Å²) >= 11 is 0. The van der Waals surface area contributed by atoms with Crippen molar-refractivity contribution in [3.63, 3.8) is 0 Å². The van der Waals surface area contributed by atoms with E-state index in [9.17, 15) is 4.79 Å². The van der Waals surface area contributed by atoms with Gasteiger partial charge in [0.05, 0.1) is 18.3 Å². The van der Waals surface area contributed by atoms with Gasteiger partial charge in [0.1, 0.15) is 0 Å². The first kappa shape index (κ1) is 11.9. The van der Waals surface area contributed by atoms with Crippen LogP contribution >= 0.6 is 0 Å². The van der Waals surface area contributed by atoms with E-state index in [2.05, 4.69) is 18.8 Å². The summed E-state index contributed by atoms with van der Waals surface area (Å²) in [6, 6.07) is 3.95. The van der Waals surface area contributed by atoms with Gasteiger partial charge in [-0.15, -0.1) is 0 Å². The van der Waals surface area contributed by atoms with E-state index in [0.717, 1.165) is 18.7 Å². The monoisotopic (exact) mass is 233 g/mol. The molecule has 4 nitrogen and oxygen atoms in total. The van der Waals surface area contributed by atoms with Gasteiger partial charge in [0.2, 0.25) is 5.91 Å². The van der Waals surface area contributed by atoms with E-state index in [-0.39, 0.29) is 5.91 Å². The minimum absolute atomic E-state index is 0.166. The Labute approximate surface area is 102 Å². The first-order chi connectivity index (χ1) is 8.06. The van der Waals surface area contributed by atoms with Gasteiger partial charge in [-0.05, 0) is 31.4 Å². The Morgan fingerprint density at radius 3 is 2.82 bits per heavy atom. The second-order valence-electron chi connectivity index (χ2n) is 5.00. The number of hydrogen-bond acceptors (Lipinski definition) is 3. The van der Waals surface area contributed by atoms with Crippen molar-refractivity contribution in [1.82, 2.24) is 9.88 Å². The van der Waals surface area contributed by atoms with Gasteiger partial charge in [-0.1, -0.05) is 6.92 Å². The van der Waals surface area contributed by atoms with Crippen LogP contribution in [0, 0.1) is 5.92 Å². The first-order valence-corrected chi connectivity index (χ1v) is 6.06. The molecule has 0 spiro atoms. The van der Waals surface area contributed by atoms with Gasteiger partial charge >= 0.3 is 0 Å². The van der Waals surface area contributed by atoms with Crippen LogP contribution in [-0.4, -0.2) is 28.4 Å². The van der Waals surface area contributed by atoms with Crippen molar-refractivity contribution in [3.05, 3.63) is 24.0 Å². The molecule has 1 saturated heterocycles. The lowest BCUT2D eigenvalue weighted by molar-refractivity contribution is -0.131. The van der Waals surface area contributed by atoms with Gasteiger partial charge < -0.3 is 10.6 Å². The number of hydrogen-bond donors (Lipinski definition) is 1. The van der Waals surface area contributed by atoms with E-state index in [4.69, 9.17) is 5.73 Å². The highest BCUT2D eigenvalue weighted by Crippen LogP contribution is 2.22. The summed E-state index contributed by atoms with van der Waals surface area (Å²) in [6.45, 7) is 5.16. The van der Waals surface area contributed by atoms with Gasteiger partial charge in [-0.25, -0.2) is 0 Å². The number of pyridine rings is 1. The van der Waals surface area contributed by atoms with E-state index in [1.165, 1.54) is 0 Å². The zero-order valence-electron chi connectivity index (χ0n) is 10.4. The van der Waals surface area contributed by atoms with Crippen LogP contribution in [0.25, 0.3) is 0 Å². The summed E-state index contributed by atoms with van der Waals surface area (Å²) in [4.78, 5) is 18.2. The number of nitrogen functional groups attached to an aromatic ring is 1. The quantitative estimate of drug-likeness (QED) is 0.841. The zero-order valence-corrected chi connectivity index (χ0v) is 10.4. The first-order valence-electron chi connectivity index (χ1n) is 6.06. The van der Waals surface area contributed by atoms with Crippen molar-refractivity contribution >= 4 is 11.6 Å². The average molecular weight is 233 g/mol. The standard InChI is InChI=1S/C13H19N3O/c1-9-5-10(2)16(8-9)13(17)6-12-4-3-11(14)7-15-12/h3-4,7,9-10H,5-6,8,14H2,1-2H3. The molecule has 2 N–H and O–H groups in total. The van der Waals surface area contributed by atoms with E-state index in [1.54, 1.807) is 12.3 Å². The third-order valence-corrected chi connectivity index (χ3v) is 3.28. The molecule has 1 amide bonds. The maximum Gasteiger partial charge on any atom is 0.228 e. The van der Waals surface area contributed by atoms with Gasteiger partial charge in [-0.2, -0.15) is 0 Å². The van der Waals surface area contributed by atoms with Crippen molar-refractivity contribution in [2.45, 2.75) is 32.7 Å². The van der Waals surface area contributed by atoms with Crippen LogP contribution in [0.1, 0.15) is 26.0 Å². The fraction of sp³-hybridized carbons (Fsp3) is 0.538. The maximum absolute atomic E-state index is 12.1. The summed E-state index contributed by atoms with van der Waals surface area (Å²) in [5, 5.41) is 0. The minimum Gasteiger partial charge on any atom is -0.397 e. The number of amides is 1. The summed E-state index contributed by atoms with van der Waals surface area (Å²) in [7, 11) is 0. The van der Waals surface area contributed by atoms with Crippen LogP contribution in [0.2, 0.25) is 0 Å². The van der Waals surface area contributed by atoms with Crippen molar-refractivity contribution in [2.24, 2.45) is 5.92 Å². The highest BCUT2D eigenvalue weighted by atomic mass is 16.2. The topological polar surface area (TPSA) is 59.2 Å². The van der Waals surface area contributed by atoms with Crippen molar-refractivity contribution in [1.29, 1.82) is 0 Å². The van der Waals surface area contributed by atoms with Crippen LogP contribution in [-0.2, 0) is 11.2 Å². The average Bonchev–Trinajstić information content (AvgIpc) is 2.61. The number of carbonyl (C=O) groups excluding carboxylic acids is 1. The Bertz CT molecular complexity index is 402. The number of carbonyl (C=O) groups is 1. The van der Waals surface area contributed by atoms with Gasteiger partial charge in [0.25, 0.3) is 0 Å². The third-order valence-electron chi connectivity index (χ3n) is 3.28. The lowest BCUT2D eigenvalue weighted by Gasteiger charge is -2.21. The Balaban J connectivity index is 1.99. The number of anilines is 1. The van der Waals surface area contributed by atoms with E-state index < -0.39 is 0 Å². The fourth-order valence-corrected chi connectivity index (χ4v) is 2.44. The Hall–Kier alpha value is -1.58. The summed E-state index contributed by atoms with van der Waals surface area (Å²) in [5.74, 6) is 0.771. The number of aromatic nitrogens is 1. The molecular weight excluding hydrogens is 214 g/mol. The zero-order chi connectivity index (χ0) is 12.4. The van der Waals surface area contributed by atoms with Crippen molar-refractivity contribution in [3.8, 4) is 0 Å². The molecule has 0 saturated carbocycles. The Morgan fingerprint density at radius 1 is 1.53 bits per heavy atom. The molecule has 1 aromatic rings. The minimum atomic E-state index is 0.166. The van der Waals surface area contributed by atoms with Crippen LogP contribution in [0.4, 0.5) is 5.69 Å². The largest absolute Gasteiger partial charge is 0.397 e. The lowest BCUT2D eigenvalue weighted by atomic mass is 10.1. The molecule has 0 radical (unpaired) electrons. The van der Waals surface area contributed by atoms with Crippen LogP contribution < -0.4 is 5.73 Å². The normalized spacial score (nSPS) is 24.0. The van der Waals surface area contributed by atoms with E-state index in [0.29, 0.717) is 24.1 Å². The van der Waals surface area contributed by atoms with Crippen LogP contribution in [0.15, 0.2) is 18.3 Å². The molecule has 17 heavy (non-hydrogen) atoms. The summed E-state index contributed by atoms with van der Waals surface area (Å²) in [5.41, 5.74) is 6.98. The fourth-order valence-electron chi connectivity index (χ4n) is 2.44. The number of likely N-dealkylation sites (tertiary alicyclic amines) is 1. The molecule has 2 unspecified atom stereocenters. The Kier molecular flexibility index (Phi) is 3.31. The molecule has 0 aliphatic carbocycles. The van der Waals surface area contributed by atoms with Crippen LogP contribution in [0.3, 0.4) is 0 Å². The molecule has 1 fully saturated rings.